The van der Waals surface area contributed by atoms with Crippen molar-refractivity contribution < 1.29 is 24.3 Å². The second kappa shape index (κ2) is 9.41. The number of carboxylic acids is 1. The first-order valence-electron chi connectivity index (χ1n) is 9.22. The van der Waals surface area contributed by atoms with Crippen molar-refractivity contribution in [1.82, 2.24) is 10.2 Å². The highest BCUT2D eigenvalue weighted by Gasteiger charge is 2.34. The first kappa shape index (κ1) is 21.3. The molecule has 154 valence electrons. The van der Waals surface area contributed by atoms with Crippen LogP contribution in [0.2, 0.25) is 0 Å². The molecule has 0 aromatic heterocycles. The fraction of sp³-hybridized carbons (Fsp3) is 0.182. The summed E-state index contributed by atoms with van der Waals surface area (Å²) in [5.74, 6) is -2.09. The molecule has 2 aliphatic rings. The monoisotopic (exact) mass is 424 g/mol. The number of thioether (sulfide) groups is 1. The Kier molecular flexibility index (Phi) is 6.68. The van der Waals surface area contributed by atoms with Crippen LogP contribution in [-0.4, -0.2) is 44.2 Å². The van der Waals surface area contributed by atoms with Crippen molar-refractivity contribution in [2.45, 2.75) is 24.6 Å². The maximum absolute atomic E-state index is 13.0. The summed E-state index contributed by atoms with van der Waals surface area (Å²) in [5.41, 5.74) is 1.48. The van der Waals surface area contributed by atoms with Gasteiger partial charge in [0.05, 0.1) is 16.6 Å². The van der Waals surface area contributed by atoms with Crippen LogP contribution in [0, 0.1) is 0 Å². The highest BCUT2D eigenvalue weighted by Crippen LogP contribution is 2.25. The van der Waals surface area contributed by atoms with Gasteiger partial charge in [-0.2, -0.15) is 0 Å². The molecule has 0 saturated heterocycles. The third-order valence-corrected chi connectivity index (χ3v) is 5.47. The van der Waals surface area contributed by atoms with Crippen LogP contribution in [0.3, 0.4) is 0 Å². The summed E-state index contributed by atoms with van der Waals surface area (Å²) in [6.45, 7) is 1.40. The molecule has 2 atom stereocenters. The number of nitrogens with one attached hydrogen (secondary N) is 1. The van der Waals surface area contributed by atoms with Gasteiger partial charge in [-0.15, -0.1) is 0 Å². The van der Waals surface area contributed by atoms with Crippen LogP contribution in [0.5, 0.6) is 0 Å². The minimum atomic E-state index is -1.18. The van der Waals surface area contributed by atoms with E-state index in [1.54, 1.807) is 12.2 Å². The Labute approximate surface area is 177 Å². The molecule has 3 rings (SSSR count). The first-order chi connectivity index (χ1) is 14.4. The van der Waals surface area contributed by atoms with Gasteiger partial charge in [0.2, 0.25) is 5.91 Å². The fourth-order valence-corrected chi connectivity index (χ4v) is 4.00. The Morgan fingerprint density at radius 2 is 1.83 bits per heavy atom. The van der Waals surface area contributed by atoms with E-state index in [0.29, 0.717) is 12.1 Å². The zero-order valence-electron chi connectivity index (χ0n) is 16.1. The molecule has 2 amide bonds. The minimum absolute atomic E-state index is 0.191. The number of carbonyl (C=O) groups excluding carboxylic acids is 3. The van der Waals surface area contributed by atoms with Crippen molar-refractivity contribution in [1.29, 1.82) is 0 Å². The molecule has 7 nitrogen and oxygen atoms in total. The Morgan fingerprint density at radius 1 is 1.13 bits per heavy atom. The average Bonchev–Trinajstić information content (AvgIpc) is 2.90. The van der Waals surface area contributed by atoms with E-state index in [0.717, 1.165) is 22.2 Å². The summed E-state index contributed by atoms with van der Waals surface area (Å²) >= 11 is 0.928. The number of carbonyl (C=O) groups is 4. The predicted octanol–water partition coefficient (Wildman–Crippen LogP) is 2.18. The summed E-state index contributed by atoms with van der Waals surface area (Å²) in [7, 11) is 0. The molecule has 0 spiro atoms. The quantitative estimate of drug-likeness (QED) is 0.726. The molecule has 2 aliphatic heterocycles. The summed E-state index contributed by atoms with van der Waals surface area (Å²) in [6.07, 6.45) is 9.11. The first-order valence-corrected chi connectivity index (χ1v) is 10.1. The zero-order chi connectivity index (χ0) is 21.7. The molecule has 0 bridgehead atoms. The van der Waals surface area contributed by atoms with Crippen LogP contribution >= 0.6 is 11.8 Å². The number of aliphatic carboxylic acids is 1. The second-order valence-corrected chi connectivity index (χ2v) is 8.02. The average molecular weight is 424 g/mol. The Morgan fingerprint density at radius 3 is 2.50 bits per heavy atom. The normalized spacial score (nSPS) is 18.6. The van der Waals surface area contributed by atoms with Crippen LogP contribution in [-0.2, 0) is 25.6 Å². The summed E-state index contributed by atoms with van der Waals surface area (Å²) < 4.78 is 0. The third-order valence-electron chi connectivity index (χ3n) is 4.48. The topological polar surface area (TPSA) is 104 Å². The van der Waals surface area contributed by atoms with Crippen molar-refractivity contribution in [2.24, 2.45) is 0 Å². The van der Waals surface area contributed by atoms with E-state index in [4.69, 9.17) is 0 Å². The molecule has 0 saturated carbocycles. The molecule has 8 heteroatoms. The summed E-state index contributed by atoms with van der Waals surface area (Å²) in [5, 5.41) is 11.4. The second-order valence-electron chi connectivity index (χ2n) is 6.64. The van der Waals surface area contributed by atoms with E-state index < -0.39 is 29.1 Å². The van der Waals surface area contributed by atoms with Crippen molar-refractivity contribution in [3.8, 4) is 0 Å². The number of carboxylic acid groups (broad SMARTS) is 1. The van der Waals surface area contributed by atoms with Crippen LogP contribution in [0.4, 0.5) is 0 Å². The predicted molar refractivity (Wildman–Crippen MR) is 113 cm³/mol. The number of nitrogens with zero attached hydrogens (tertiary/aromatic N) is 1. The van der Waals surface area contributed by atoms with Gasteiger partial charge in [0.1, 0.15) is 0 Å². The van der Waals surface area contributed by atoms with Crippen molar-refractivity contribution in [3.63, 3.8) is 0 Å². The van der Waals surface area contributed by atoms with Crippen LogP contribution in [0.1, 0.15) is 12.5 Å². The minimum Gasteiger partial charge on any atom is -0.479 e. The van der Waals surface area contributed by atoms with E-state index >= 15 is 0 Å². The number of hydrogen-bond acceptors (Lipinski definition) is 5. The van der Waals surface area contributed by atoms with Gasteiger partial charge in [0.15, 0.2) is 11.2 Å². The van der Waals surface area contributed by atoms with Gasteiger partial charge in [-0.3, -0.25) is 19.3 Å². The number of benzene rings is 1. The maximum Gasteiger partial charge on any atom is 0.330 e. The molecule has 1 aromatic rings. The molecule has 2 unspecified atom stereocenters. The lowest BCUT2D eigenvalue weighted by Crippen LogP contribution is -2.46. The third kappa shape index (κ3) is 4.96. The number of hydrogen-bond donors (Lipinski definition) is 2. The molecule has 0 fully saturated rings. The lowest BCUT2D eigenvalue weighted by Gasteiger charge is -2.31. The summed E-state index contributed by atoms with van der Waals surface area (Å²) in [6, 6.07) is 8.16. The van der Waals surface area contributed by atoms with Gasteiger partial charge in [0.25, 0.3) is 5.91 Å². The molecule has 0 aliphatic carbocycles. The molecule has 2 N–H and O–H groups in total. The Hall–Kier alpha value is -3.39. The number of rotatable bonds is 6. The van der Waals surface area contributed by atoms with Gasteiger partial charge in [-0.25, -0.2) is 4.79 Å². The SMILES string of the molecule is CC(=O)SC(Cc1ccccc1)C(=O)NC1=C2C=CC=CC(=O)N2C(C(=O)O)C=C1. The standard InChI is InChI=1S/C22H20N2O5S/c1-14(25)30-19(13-15-7-3-2-4-8-15)21(27)23-16-11-12-18(22(28)29)24-17(16)9-5-6-10-20(24)26/h2-12,18-19H,13H2,1H3,(H,23,27)(H,28,29). The lowest BCUT2D eigenvalue weighted by atomic mass is 10.1. The summed E-state index contributed by atoms with van der Waals surface area (Å²) in [4.78, 5) is 49.8. The fourth-order valence-electron chi connectivity index (χ4n) is 3.16. The van der Waals surface area contributed by atoms with E-state index in [2.05, 4.69) is 5.32 Å². The molecule has 0 radical (unpaired) electrons. The lowest BCUT2D eigenvalue weighted by molar-refractivity contribution is -0.144. The van der Waals surface area contributed by atoms with E-state index in [1.807, 2.05) is 30.3 Å². The molecule has 1 aromatic carbocycles. The maximum atomic E-state index is 13.0. The van der Waals surface area contributed by atoms with Crippen molar-refractivity contribution in [3.05, 3.63) is 83.7 Å². The largest absolute Gasteiger partial charge is 0.479 e. The van der Waals surface area contributed by atoms with E-state index in [9.17, 15) is 24.3 Å². The van der Waals surface area contributed by atoms with Crippen LogP contribution in [0.25, 0.3) is 0 Å². The highest BCUT2D eigenvalue weighted by molar-refractivity contribution is 8.14. The smallest absolute Gasteiger partial charge is 0.330 e. The molecule has 2 heterocycles. The van der Waals surface area contributed by atoms with E-state index in [-0.39, 0.29) is 10.8 Å². The zero-order valence-corrected chi connectivity index (χ0v) is 17.0. The van der Waals surface area contributed by atoms with Gasteiger partial charge in [-0.05, 0) is 30.2 Å². The van der Waals surface area contributed by atoms with E-state index in [1.165, 1.54) is 31.2 Å². The number of fused-ring (bicyclic) bond motifs is 1. The van der Waals surface area contributed by atoms with Crippen molar-refractivity contribution in [2.75, 3.05) is 0 Å². The Bertz CT molecular complexity index is 994. The van der Waals surface area contributed by atoms with Gasteiger partial charge >= 0.3 is 5.97 Å². The molecular weight excluding hydrogens is 404 g/mol. The number of allylic oxidation sites excluding steroid dienone is 4. The van der Waals surface area contributed by atoms with Crippen molar-refractivity contribution >= 4 is 34.7 Å². The van der Waals surface area contributed by atoms with Gasteiger partial charge in [-0.1, -0.05) is 54.2 Å². The van der Waals surface area contributed by atoms with Crippen LogP contribution < -0.4 is 5.32 Å². The van der Waals surface area contributed by atoms with Gasteiger partial charge in [0, 0.05) is 13.0 Å². The Balaban J connectivity index is 1.88. The van der Waals surface area contributed by atoms with Gasteiger partial charge < -0.3 is 10.4 Å². The molecule has 30 heavy (non-hydrogen) atoms. The van der Waals surface area contributed by atoms with Crippen LogP contribution in [0.15, 0.2) is 78.2 Å². The molecular formula is C22H20N2O5S. The highest BCUT2D eigenvalue weighted by atomic mass is 32.2. The number of amides is 2.